The van der Waals surface area contributed by atoms with Gasteiger partial charge in [-0.15, -0.1) is 11.3 Å². The molecule has 7 heteroatoms. The molecule has 5 nitrogen and oxygen atoms in total. The van der Waals surface area contributed by atoms with Gasteiger partial charge in [-0.1, -0.05) is 6.07 Å². The van der Waals surface area contributed by atoms with Crippen LogP contribution in [0.4, 0.5) is 5.13 Å². The Hall–Kier alpha value is -2.13. The number of nitrogens with one attached hydrogen (secondary N) is 1. The third-order valence-electron chi connectivity index (χ3n) is 3.48. The van der Waals surface area contributed by atoms with Crippen LogP contribution in [0.3, 0.4) is 0 Å². The van der Waals surface area contributed by atoms with Crippen molar-refractivity contribution in [3.05, 3.63) is 57.0 Å². The maximum Gasteiger partial charge on any atom is 0.257 e. The average molecular weight is 450 g/mol. The minimum absolute atomic E-state index is 0.167. The third-order valence-corrected chi connectivity index (χ3v) is 4.91. The van der Waals surface area contributed by atoms with Crippen molar-refractivity contribution in [2.45, 2.75) is 0 Å². The molecule has 0 fully saturated rings. The van der Waals surface area contributed by atoms with Crippen LogP contribution >= 0.6 is 33.9 Å². The topological polar surface area (TPSA) is 60.5 Å². The van der Waals surface area contributed by atoms with Gasteiger partial charge >= 0.3 is 0 Å². The number of halogens is 1. The van der Waals surface area contributed by atoms with Crippen LogP contribution in [0.1, 0.15) is 10.4 Å². The standard InChI is InChI=1S/C17H11IN2O3S/c18-12-3-1-2-11(6-12)16(21)20-17-19-13(8-24-17)10-4-5-14-15(7-10)23-9-22-14/h1-8H,9H2,(H,19,20,21). The lowest BCUT2D eigenvalue weighted by Gasteiger charge is -2.02. The predicted molar refractivity (Wildman–Crippen MR) is 101 cm³/mol. The highest BCUT2D eigenvalue weighted by Gasteiger charge is 2.15. The smallest absolute Gasteiger partial charge is 0.257 e. The summed E-state index contributed by atoms with van der Waals surface area (Å²) in [5.41, 5.74) is 2.32. The summed E-state index contributed by atoms with van der Waals surface area (Å²) in [6, 6.07) is 13.1. The van der Waals surface area contributed by atoms with Gasteiger partial charge in [0.2, 0.25) is 6.79 Å². The number of nitrogens with zero attached hydrogens (tertiary/aromatic N) is 1. The molecular formula is C17H11IN2O3S. The number of carbonyl (C=O) groups excluding carboxylic acids is 1. The number of hydrogen-bond donors (Lipinski definition) is 1. The van der Waals surface area contributed by atoms with E-state index in [4.69, 9.17) is 9.47 Å². The van der Waals surface area contributed by atoms with Crippen LogP contribution in [0.15, 0.2) is 47.8 Å². The van der Waals surface area contributed by atoms with Gasteiger partial charge in [-0.3, -0.25) is 10.1 Å². The summed E-state index contributed by atoms with van der Waals surface area (Å²) in [4.78, 5) is 16.8. The lowest BCUT2D eigenvalue weighted by molar-refractivity contribution is 0.102. The zero-order valence-corrected chi connectivity index (χ0v) is 15.3. The molecule has 4 rings (SSSR count). The zero-order chi connectivity index (χ0) is 16.5. The number of ether oxygens (including phenoxy) is 2. The van der Waals surface area contributed by atoms with Crippen LogP contribution in [-0.2, 0) is 0 Å². The summed E-state index contributed by atoms with van der Waals surface area (Å²) in [5.74, 6) is 1.28. The van der Waals surface area contributed by atoms with Crippen molar-refractivity contribution in [1.82, 2.24) is 4.98 Å². The maximum absolute atomic E-state index is 12.3. The second-order valence-electron chi connectivity index (χ2n) is 5.07. The largest absolute Gasteiger partial charge is 0.454 e. The van der Waals surface area contributed by atoms with Crippen molar-refractivity contribution in [2.24, 2.45) is 0 Å². The highest BCUT2D eigenvalue weighted by Crippen LogP contribution is 2.36. The van der Waals surface area contributed by atoms with Crippen molar-refractivity contribution in [3.8, 4) is 22.8 Å². The van der Waals surface area contributed by atoms with Gasteiger partial charge in [0.15, 0.2) is 16.6 Å². The molecule has 0 aliphatic carbocycles. The minimum Gasteiger partial charge on any atom is -0.454 e. The Kier molecular flexibility index (Phi) is 4.11. The Morgan fingerprint density at radius 1 is 1.17 bits per heavy atom. The lowest BCUT2D eigenvalue weighted by atomic mass is 10.1. The second kappa shape index (κ2) is 6.40. The summed E-state index contributed by atoms with van der Waals surface area (Å²) < 4.78 is 11.7. The first-order valence-electron chi connectivity index (χ1n) is 7.11. The fourth-order valence-electron chi connectivity index (χ4n) is 2.32. The first kappa shape index (κ1) is 15.4. The molecule has 1 N–H and O–H groups in total. The number of benzene rings is 2. The molecule has 0 bridgehead atoms. The number of thiazole rings is 1. The molecule has 2 heterocycles. The van der Waals surface area contributed by atoms with Crippen molar-refractivity contribution in [2.75, 3.05) is 12.1 Å². The molecule has 0 saturated carbocycles. The van der Waals surface area contributed by atoms with Crippen molar-refractivity contribution >= 4 is 45.0 Å². The molecule has 120 valence electrons. The molecule has 1 amide bonds. The Balaban J connectivity index is 1.53. The Bertz CT molecular complexity index is 926. The molecule has 0 spiro atoms. The van der Waals surface area contributed by atoms with E-state index in [1.54, 1.807) is 6.07 Å². The summed E-state index contributed by atoms with van der Waals surface area (Å²) in [7, 11) is 0. The molecule has 1 aliphatic rings. The average Bonchev–Trinajstić information content (AvgIpc) is 3.23. The molecule has 1 aromatic heterocycles. The van der Waals surface area contributed by atoms with Gasteiger partial charge in [0.05, 0.1) is 5.69 Å². The van der Waals surface area contributed by atoms with Crippen LogP contribution in [0.25, 0.3) is 11.3 Å². The molecule has 0 radical (unpaired) electrons. The minimum atomic E-state index is -0.167. The van der Waals surface area contributed by atoms with E-state index >= 15 is 0 Å². The normalized spacial score (nSPS) is 12.2. The van der Waals surface area contributed by atoms with E-state index in [-0.39, 0.29) is 12.7 Å². The molecule has 0 atom stereocenters. The second-order valence-corrected chi connectivity index (χ2v) is 7.17. The third kappa shape index (κ3) is 3.09. The fourth-order valence-corrected chi connectivity index (χ4v) is 3.58. The van der Waals surface area contributed by atoms with Crippen LogP contribution in [0.2, 0.25) is 0 Å². The summed E-state index contributed by atoms with van der Waals surface area (Å²) >= 11 is 3.57. The van der Waals surface area contributed by atoms with Crippen molar-refractivity contribution < 1.29 is 14.3 Å². The van der Waals surface area contributed by atoms with E-state index in [1.807, 2.05) is 41.8 Å². The number of anilines is 1. The Morgan fingerprint density at radius 2 is 2.04 bits per heavy atom. The first-order valence-corrected chi connectivity index (χ1v) is 9.07. The molecule has 0 saturated heterocycles. The van der Waals surface area contributed by atoms with Crippen LogP contribution in [0, 0.1) is 3.57 Å². The number of hydrogen-bond acceptors (Lipinski definition) is 5. The molecular weight excluding hydrogens is 439 g/mol. The predicted octanol–water partition coefficient (Wildman–Crippen LogP) is 4.40. The van der Waals surface area contributed by atoms with Gasteiger partial charge < -0.3 is 9.47 Å². The van der Waals surface area contributed by atoms with E-state index in [9.17, 15) is 4.79 Å². The SMILES string of the molecule is O=C(Nc1nc(-c2ccc3c(c2)OCO3)cs1)c1cccc(I)c1. The Labute approximate surface area is 155 Å². The number of rotatable bonds is 3. The van der Waals surface area contributed by atoms with Crippen LogP contribution < -0.4 is 14.8 Å². The van der Waals surface area contributed by atoms with Gasteiger partial charge in [-0.05, 0) is 59.0 Å². The highest BCUT2D eigenvalue weighted by molar-refractivity contribution is 14.1. The maximum atomic E-state index is 12.3. The number of carbonyl (C=O) groups is 1. The van der Waals surface area contributed by atoms with Gasteiger partial charge in [0.25, 0.3) is 5.91 Å². The number of amides is 1. The van der Waals surface area contributed by atoms with E-state index in [2.05, 4.69) is 32.9 Å². The number of fused-ring (bicyclic) bond motifs is 1. The summed E-state index contributed by atoms with van der Waals surface area (Å²) in [5, 5.41) is 5.30. The molecule has 0 unspecified atom stereocenters. The first-order chi connectivity index (χ1) is 11.7. The highest BCUT2D eigenvalue weighted by atomic mass is 127. The molecule has 3 aromatic rings. The number of aromatic nitrogens is 1. The summed E-state index contributed by atoms with van der Waals surface area (Å²) in [6.45, 7) is 0.243. The van der Waals surface area contributed by atoms with Crippen LogP contribution in [0.5, 0.6) is 11.5 Å². The van der Waals surface area contributed by atoms with Gasteiger partial charge in [0.1, 0.15) is 0 Å². The Morgan fingerprint density at radius 3 is 2.92 bits per heavy atom. The van der Waals surface area contributed by atoms with Crippen LogP contribution in [-0.4, -0.2) is 17.7 Å². The summed E-state index contributed by atoms with van der Waals surface area (Å²) in [6.07, 6.45) is 0. The van der Waals surface area contributed by atoms with Gasteiger partial charge in [-0.2, -0.15) is 0 Å². The lowest BCUT2D eigenvalue weighted by Crippen LogP contribution is -2.11. The van der Waals surface area contributed by atoms with Gasteiger partial charge in [-0.25, -0.2) is 4.98 Å². The van der Waals surface area contributed by atoms with Gasteiger partial charge in [0, 0.05) is 20.1 Å². The fraction of sp³-hybridized carbons (Fsp3) is 0.0588. The van der Waals surface area contributed by atoms with E-state index < -0.39 is 0 Å². The quantitative estimate of drug-likeness (QED) is 0.602. The van der Waals surface area contributed by atoms with E-state index in [0.29, 0.717) is 16.4 Å². The molecule has 2 aromatic carbocycles. The van der Waals surface area contributed by atoms with E-state index in [0.717, 1.165) is 20.6 Å². The van der Waals surface area contributed by atoms with Crippen molar-refractivity contribution in [1.29, 1.82) is 0 Å². The zero-order valence-electron chi connectivity index (χ0n) is 12.3. The van der Waals surface area contributed by atoms with E-state index in [1.165, 1.54) is 11.3 Å². The molecule has 24 heavy (non-hydrogen) atoms. The van der Waals surface area contributed by atoms with Crippen molar-refractivity contribution in [3.63, 3.8) is 0 Å². The molecule has 1 aliphatic heterocycles. The monoisotopic (exact) mass is 450 g/mol.